The predicted octanol–water partition coefficient (Wildman–Crippen LogP) is 0.566. The van der Waals surface area contributed by atoms with Crippen LogP contribution in [0.4, 0.5) is 0 Å². The fourth-order valence-electron chi connectivity index (χ4n) is 2.03. The molecule has 1 amide bonds. The van der Waals surface area contributed by atoms with Gasteiger partial charge >= 0.3 is 0 Å². The van der Waals surface area contributed by atoms with Gasteiger partial charge in [-0.25, -0.2) is 12.7 Å². The van der Waals surface area contributed by atoms with Gasteiger partial charge in [-0.05, 0) is 29.8 Å². The Morgan fingerprint density at radius 2 is 1.75 bits per heavy atom. The largest absolute Gasteiger partial charge is 0.348 e. The highest BCUT2D eigenvalue weighted by molar-refractivity contribution is 7.89. The van der Waals surface area contributed by atoms with Crippen molar-refractivity contribution in [3.63, 3.8) is 0 Å². The van der Waals surface area contributed by atoms with Crippen LogP contribution in [-0.4, -0.2) is 37.3 Å². The molecule has 1 aromatic carbocycles. The molecule has 0 saturated carbocycles. The molecule has 7 nitrogen and oxygen atoms in total. The first-order valence-electron chi connectivity index (χ1n) is 7.18. The summed E-state index contributed by atoms with van der Waals surface area (Å²) < 4.78 is 26.5. The molecule has 0 radical (unpaired) electrons. The van der Waals surface area contributed by atoms with Crippen molar-refractivity contribution in [3.8, 4) is 0 Å². The van der Waals surface area contributed by atoms with Crippen LogP contribution in [0.15, 0.2) is 52.3 Å². The van der Waals surface area contributed by atoms with Crippen LogP contribution >= 0.6 is 0 Å². The molecule has 0 saturated heterocycles. The summed E-state index contributed by atoms with van der Waals surface area (Å²) in [5.74, 6) is -0.322. The number of rotatable bonds is 5. The van der Waals surface area contributed by atoms with Gasteiger partial charge in [-0.15, -0.1) is 0 Å². The second kappa shape index (κ2) is 6.98. The van der Waals surface area contributed by atoms with Crippen molar-refractivity contribution in [2.45, 2.75) is 11.4 Å². The van der Waals surface area contributed by atoms with E-state index in [-0.39, 0.29) is 22.9 Å². The molecule has 0 aliphatic heterocycles. The van der Waals surface area contributed by atoms with E-state index in [9.17, 15) is 18.0 Å². The van der Waals surface area contributed by atoms with Crippen molar-refractivity contribution in [3.05, 3.63) is 64.1 Å². The van der Waals surface area contributed by atoms with Gasteiger partial charge in [-0.3, -0.25) is 9.59 Å². The predicted molar refractivity (Wildman–Crippen MR) is 90.2 cm³/mol. The average Bonchev–Trinajstić information content (AvgIpc) is 2.55. The number of benzene rings is 1. The lowest BCUT2D eigenvalue weighted by Gasteiger charge is -2.11. The third-order valence-corrected chi connectivity index (χ3v) is 5.32. The normalized spacial score (nSPS) is 11.5. The molecule has 0 fully saturated rings. The number of carbonyl (C=O) groups excluding carboxylic acids is 1. The highest BCUT2D eigenvalue weighted by Gasteiger charge is 2.17. The van der Waals surface area contributed by atoms with Crippen molar-refractivity contribution < 1.29 is 13.2 Å². The van der Waals surface area contributed by atoms with Crippen LogP contribution in [0.1, 0.15) is 15.9 Å². The topological polar surface area (TPSA) is 88.5 Å². The van der Waals surface area contributed by atoms with Crippen LogP contribution in [0.2, 0.25) is 0 Å². The summed E-state index contributed by atoms with van der Waals surface area (Å²) in [5.41, 5.74) is 1.03. The Balaban J connectivity index is 2.08. The molecule has 8 heteroatoms. The number of hydrogen-bond donors (Lipinski definition) is 1. The summed E-state index contributed by atoms with van der Waals surface area (Å²) in [5, 5.41) is 2.73. The molecule has 0 bridgehead atoms. The molecule has 0 atom stereocenters. The minimum absolute atomic E-state index is 0.122. The number of hydrogen-bond acceptors (Lipinski definition) is 4. The standard InChI is InChI=1S/C16H19N3O4S/c1-18(2)24(22,23)14-7-5-13(6-8-14)16(21)17-10-12-4-9-15(20)19(3)11-12/h4-9,11H,10H2,1-3H3,(H,17,21). The number of pyridine rings is 1. The molecule has 0 aliphatic carbocycles. The van der Waals surface area contributed by atoms with E-state index in [0.29, 0.717) is 5.56 Å². The lowest BCUT2D eigenvalue weighted by atomic mass is 10.2. The van der Waals surface area contributed by atoms with E-state index in [1.807, 2.05) is 0 Å². The number of carbonyl (C=O) groups is 1. The van der Waals surface area contributed by atoms with Gasteiger partial charge in [0.1, 0.15) is 0 Å². The Morgan fingerprint density at radius 3 is 2.29 bits per heavy atom. The first-order valence-corrected chi connectivity index (χ1v) is 8.62. The number of amides is 1. The van der Waals surface area contributed by atoms with Crippen LogP contribution in [0.5, 0.6) is 0 Å². The number of nitrogens with one attached hydrogen (secondary N) is 1. The van der Waals surface area contributed by atoms with Crippen LogP contribution in [0, 0.1) is 0 Å². The van der Waals surface area contributed by atoms with Gasteiger partial charge in [0, 0.05) is 45.5 Å². The molecular weight excluding hydrogens is 330 g/mol. The van der Waals surface area contributed by atoms with Gasteiger partial charge in [-0.2, -0.15) is 0 Å². The number of aryl methyl sites for hydroxylation is 1. The van der Waals surface area contributed by atoms with Gasteiger partial charge in [0.05, 0.1) is 4.90 Å². The molecule has 0 spiro atoms. The minimum atomic E-state index is -3.51. The van der Waals surface area contributed by atoms with E-state index in [2.05, 4.69) is 5.32 Å². The molecule has 0 aliphatic rings. The first-order chi connectivity index (χ1) is 11.2. The summed E-state index contributed by atoms with van der Waals surface area (Å²) in [6.07, 6.45) is 1.65. The second-order valence-corrected chi connectivity index (χ2v) is 7.63. The van der Waals surface area contributed by atoms with E-state index < -0.39 is 10.0 Å². The smallest absolute Gasteiger partial charge is 0.251 e. The van der Waals surface area contributed by atoms with Gasteiger partial charge in [0.25, 0.3) is 5.91 Å². The van der Waals surface area contributed by atoms with Crippen molar-refractivity contribution in [2.75, 3.05) is 14.1 Å². The lowest BCUT2D eigenvalue weighted by molar-refractivity contribution is 0.0950. The highest BCUT2D eigenvalue weighted by atomic mass is 32.2. The zero-order chi connectivity index (χ0) is 17.9. The van der Waals surface area contributed by atoms with Crippen molar-refractivity contribution in [1.82, 2.24) is 14.2 Å². The van der Waals surface area contributed by atoms with E-state index in [1.54, 1.807) is 19.3 Å². The maximum atomic E-state index is 12.1. The van der Waals surface area contributed by atoms with Gasteiger partial charge in [0.2, 0.25) is 15.6 Å². The molecule has 128 valence electrons. The zero-order valence-corrected chi connectivity index (χ0v) is 14.5. The quantitative estimate of drug-likeness (QED) is 0.854. The number of sulfonamides is 1. The van der Waals surface area contributed by atoms with E-state index in [4.69, 9.17) is 0 Å². The third-order valence-electron chi connectivity index (χ3n) is 3.50. The minimum Gasteiger partial charge on any atom is -0.348 e. The Kier molecular flexibility index (Phi) is 5.20. The lowest BCUT2D eigenvalue weighted by Crippen LogP contribution is -2.25. The van der Waals surface area contributed by atoms with Crippen LogP contribution in [-0.2, 0) is 23.6 Å². The fourth-order valence-corrected chi connectivity index (χ4v) is 2.93. The molecule has 2 rings (SSSR count). The summed E-state index contributed by atoms with van der Waals surface area (Å²) in [4.78, 5) is 23.6. The summed E-state index contributed by atoms with van der Waals surface area (Å²) in [7, 11) is 1.02. The Morgan fingerprint density at radius 1 is 1.12 bits per heavy atom. The highest BCUT2D eigenvalue weighted by Crippen LogP contribution is 2.14. The monoisotopic (exact) mass is 349 g/mol. The zero-order valence-electron chi connectivity index (χ0n) is 13.7. The van der Waals surface area contributed by atoms with Gasteiger partial charge in [-0.1, -0.05) is 6.07 Å². The first kappa shape index (κ1) is 17.9. The maximum absolute atomic E-state index is 12.1. The molecule has 1 aromatic heterocycles. The van der Waals surface area contributed by atoms with Gasteiger partial charge < -0.3 is 9.88 Å². The maximum Gasteiger partial charge on any atom is 0.251 e. The van der Waals surface area contributed by atoms with Crippen LogP contribution < -0.4 is 10.9 Å². The molecule has 2 aromatic rings. The van der Waals surface area contributed by atoms with Gasteiger partial charge in [0.15, 0.2) is 0 Å². The number of aromatic nitrogens is 1. The van der Waals surface area contributed by atoms with Crippen molar-refractivity contribution >= 4 is 15.9 Å². The Bertz CT molecular complexity index is 900. The second-order valence-electron chi connectivity index (χ2n) is 5.48. The average molecular weight is 349 g/mol. The SMILES string of the molecule is CN(C)S(=O)(=O)c1ccc(C(=O)NCc2ccc(=O)n(C)c2)cc1. The summed E-state index contributed by atoms with van der Waals surface area (Å²) >= 11 is 0. The van der Waals surface area contributed by atoms with Crippen LogP contribution in [0.25, 0.3) is 0 Å². The molecule has 1 heterocycles. The number of nitrogens with zero attached hydrogens (tertiary/aromatic N) is 2. The molecule has 0 unspecified atom stereocenters. The Labute approximate surface area is 140 Å². The molecular formula is C16H19N3O4S. The van der Waals surface area contributed by atoms with E-state index in [1.165, 1.54) is 49.0 Å². The van der Waals surface area contributed by atoms with Crippen LogP contribution in [0.3, 0.4) is 0 Å². The molecule has 1 N–H and O–H groups in total. The van der Waals surface area contributed by atoms with Crippen molar-refractivity contribution in [1.29, 1.82) is 0 Å². The summed E-state index contributed by atoms with van der Waals surface area (Å²) in [6, 6.07) is 8.81. The molecule has 24 heavy (non-hydrogen) atoms. The Hall–Kier alpha value is -2.45. The van der Waals surface area contributed by atoms with Crippen molar-refractivity contribution in [2.24, 2.45) is 7.05 Å². The van der Waals surface area contributed by atoms with E-state index >= 15 is 0 Å². The van der Waals surface area contributed by atoms with E-state index in [0.717, 1.165) is 9.87 Å². The third kappa shape index (κ3) is 3.90. The summed E-state index contributed by atoms with van der Waals surface area (Å²) in [6.45, 7) is 0.269. The fraction of sp³-hybridized carbons (Fsp3) is 0.250.